The average Bonchev–Trinajstić information content (AvgIpc) is 3.42. The molecule has 208 valence electrons. The lowest BCUT2D eigenvalue weighted by Crippen LogP contribution is -2.50. The Labute approximate surface area is 235 Å². The van der Waals surface area contributed by atoms with Crippen LogP contribution in [0.2, 0.25) is 5.02 Å². The topological polar surface area (TPSA) is 138 Å². The standard InChI is InChI=1S/C26H29ClN4O6S2/c1-2-37-26(34)20-21(15-7-10-31(11-8-15)39(35,36)17-13-16(14-17)25(32)33)29-23(24-28-9-12-38-24)30-22(20)18-5-3-4-6-19(18)27/h3-6,9,12,15-17,22H,2,7-8,10-11,13-14H2,1H3,(H,29,30)(H,32,33). The smallest absolute Gasteiger partial charge is 0.338 e. The minimum atomic E-state index is -3.60. The fraction of sp³-hybridized carbons (Fsp3) is 0.462. The quantitative estimate of drug-likeness (QED) is 0.443. The number of carbonyl (C=O) groups is 2. The van der Waals surface area contributed by atoms with E-state index in [0.29, 0.717) is 45.5 Å². The second-order valence-corrected chi connectivity index (χ2v) is 13.3. The number of amidine groups is 1. The number of rotatable bonds is 8. The molecule has 0 spiro atoms. The van der Waals surface area contributed by atoms with Gasteiger partial charge in [0.1, 0.15) is 6.04 Å². The summed E-state index contributed by atoms with van der Waals surface area (Å²) in [5, 5.41) is 14.8. The number of thiazole rings is 1. The van der Waals surface area contributed by atoms with E-state index in [1.165, 1.54) is 15.6 Å². The highest BCUT2D eigenvalue weighted by Gasteiger charge is 2.46. The number of esters is 1. The molecule has 10 nitrogen and oxygen atoms in total. The highest BCUT2D eigenvalue weighted by Crippen LogP contribution is 2.41. The summed E-state index contributed by atoms with van der Waals surface area (Å²) in [5.74, 6) is -1.71. The Morgan fingerprint density at radius 1 is 1.23 bits per heavy atom. The van der Waals surface area contributed by atoms with Crippen LogP contribution in [0, 0.1) is 11.8 Å². The Morgan fingerprint density at radius 3 is 2.56 bits per heavy atom. The lowest BCUT2D eigenvalue weighted by molar-refractivity contribution is -0.144. The summed E-state index contributed by atoms with van der Waals surface area (Å²) >= 11 is 7.98. The SMILES string of the molecule is CCOC(=O)C1=C(C2CCN(S(=O)(=O)C3CC(C(=O)O)C3)CC2)NC(c2nccs2)=NC1c1ccccc1Cl. The number of benzene rings is 1. The normalized spacial score (nSPS) is 24.5. The van der Waals surface area contributed by atoms with Gasteiger partial charge in [0, 0.05) is 46.9 Å². The second kappa shape index (κ2) is 11.4. The number of aliphatic imine (C=N–C) groups is 1. The first-order valence-electron chi connectivity index (χ1n) is 12.8. The first-order chi connectivity index (χ1) is 18.7. The van der Waals surface area contributed by atoms with Crippen molar-refractivity contribution in [2.45, 2.75) is 43.9 Å². The maximum Gasteiger partial charge on any atom is 0.338 e. The van der Waals surface area contributed by atoms with Crippen LogP contribution in [0.15, 0.2) is 52.1 Å². The van der Waals surface area contributed by atoms with Gasteiger partial charge in [-0.3, -0.25) is 9.79 Å². The molecule has 39 heavy (non-hydrogen) atoms. The average molecular weight is 593 g/mol. The molecule has 13 heteroatoms. The van der Waals surface area contributed by atoms with Gasteiger partial charge in [-0.05, 0) is 38.7 Å². The number of halogens is 1. The molecule has 1 saturated carbocycles. The molecule has 1 saturated heterocycles. The van der Waals surface area contributed by atoms with Crippen molar-refractivity contribution in [1.82, 2.24) is 14.6 Å². The third-order valence-electron chi connectivity index (χ3n) is 7.49. The Bertz CT molecular complexity index is 1410. The number of allylic oxidation sites excluding steroid dienone is 1. The van der Waals surface area contributed by atoms with Gasteiger partial charge in [0.15, 0.2) is 10.8 Å². The maximum absolute atomic E-state index is 13.4. The summed E-state index contributed by atoms with van der Waals surface area (Å²) in [6, 6.07) is 6.50. The molecule has 0 amide bonds. The fourth-order valence-corrected chi connectivity index (χ4v) is 8.23. The van der Waals surface area contributed by atoms with Crippen LogP contribution in [0.4, 0.5) is 0 Å². The molecule has 2 aliphatic heterocycles. The molecule has 3 aliphatic rings. The van der Waals surface area contributed by atoms with Crippen molar-refractivity contribution in [1.29, 1.82) is 0 Å². The number of ether oxygens (including phenoxy) is 1. The number of hydrogen-bond acceptors (Lipinski definition) is 9. The molecule has 2 N–H and O–H groups in total. The number of hydrogen-bond donors (Lipinski definition) is 2. The second-order valence-electron chi connectivity index (χ2n) is 9.76. The number of piperidine rings is 1. The van der Waals surface area contributed by atoms with E-state index in [4.69, 9.17) is 26.4 Å². The number of carbonyl (C=O) groups excluding carboxylic acids is 1. The Balaban J connectivity index is 1.46. The first-order valence-corrected chi connectivity index (χ1v) is 15.6. The van der Waals surface area contributed by atoms with Crippen molar-refractivity contribution in [3.05, 3.63) is 62.7 Å². The Kier molecular flexibility index (Phi) is 8.08. The van der Waals surface area contributed by atoms with Gasteiger partial charge in [0.2, 0.25) is 10.0 Å². The van der Waals surface area contributed by atoms with Crippen LogP contribution in [-0.4, -0.2) is 65.5 Å². The summed E-state index contributed by atoms with van der Waals surface area (Å²) < 4.78 is 33.2. The number of carboxylic acid groups (broad SMARTS) is 1. The van der Waals surface area contributed by atoms with E-state index in [-0.39, 0.29) is 38.5 Å². The zero-order chi connectivity index (χ0) is 27.7. The summed E-state index contributed by atoms with van der Waals surface area (Å²) in [6.45, 7) is 2.46. The van der Waals surface area contributed by atoms with Crippen LogP contribution in [0.25, 0.3) is 0 Å². The van der Waals surface area contributed by atoms with Crippen molar-refractivity contribution in [3.63, 3.8) is 0 Å². The molecule has 1 aliphatic carbocycles. The van der Waals surface area contributed by atoms with E-state index < -0.39 is 39.2 Å². The van der Waals surface area contributed by atoms with Gasteiger partial charge >= 0.3 is 11.9 Å². The molecule has 3 heterocycles. The Morgan fingerprint density at radius 2 is 1.95 bits per heavy atom. The van der Waals surface area contributed by atoms with Gasteiger partial charge in [0.25, 0.3) is 0 Å². The monoisotopic (exact) mass is 592 g/mol. The van der Waals surface area contributed by atoms with Crippen molar-refractivity contribution >= 4 is 50.7 Å². The van der Waals surface area contributed by atoms with E-state index >= 15 is 0 Å². The molecule has 2 fully saturated rings. The zero-order valence-corrected chi connectivity index (χ0v) is 23.6. The summed E-state index contributed by atoms with van der Waals surface area (Å²) in [4.78, 5) is 33.8. The minimum Gasteiger partial charge on any atom is -0.481 e. The van der Waals surface area contributed by atoms with Crippen molar-refractivity contribution in [2.75, 3.05) is 19.7 Å². The number of aliphatic carboxylic acids is 1. The van der Waals surface area contributed by atoms with E-state index in [1.807, 2.05) is 23.6 Å². The van der Waals surface area contributed by atoms with Crippen LogP contribution in [0.3, 0.4) is 0 Å². The molecular weight excluding hydrogens is 564 g/mol. The predicted molar refractivity (Wildman–Crippen MR) is 147 cm³/mol. The van der Waals surface area contributed by atoms with E-state index in [0.717, 1.165) is 0 Å². The number of nitrogens with zero attached hydrogens (tertiary/aromatic N) is 3. The van der Waals surface area contributed by atoms with Crippen LogP contribution in [0.5, 0.6) is 0 Å². The number of sulfonamides is 1. The van der Waals surface area contributed by atoms with Crippen LogP contribution in [0.1, 0.15) is 49.2 Å². The molecule has 1 unspecified atom stereocenters. The largest absolute Gasteiger partial charge is 0.481 e. The highest BCUT2D eigenvalue weighted by molar-refractivity contribution is 7.89. The van der Waals surface area contributed by atoms with Crippen molar-refractivity contribution < 1.29 is 27.9 Å². The van der Waals surface area contributed by atoms with Gasteiger partial charge in [-0.1, -0.05) is 29.8 Å². The van der Waals surface area contributed by atoms with Gasteiger partial charge in [0.05, 0.1) is 23.3 Å². The third kappa shape index (κ3) is 5.47. The summed E-state index contributed by atoms with van der Waals surface area (Å²) in [5.41, 5.74) is 1.66. The fourth-order valence-electron chi connectivity index (χ4n) is 5.31. The predicted octanol–water partition coefficient (Wildman–Crippen LogP) is 3.61. The molecule has 1 aromatic carbocycles. The van der Waals surface area contributed by atoms with Gasteiger partial charge < -0.3 is 15.2 Å². The third-order valence-corrected chi connectivity index (χ3v) is 10.9. The lowest BCUT2D eigenvalue weighted by Gasteiger charge is -2.40. The lowest BCUT2D eigenvalue weighted by atomic mass is 9.85. The number of carboxylic acids is 1. The highest BCUT2D eigenvalue weighted by atomic mass is 35.5. The zero-order valence-electron chi connectivity index (χ0n) is 21.2. The Hall–Kier alpha value is -2.80. The molecule has 1 aromatic heterocycles. The molecular formula is C26H29ClN4O6S2. The summed E-state index contributed by atoms with van der Waals surface area (Å²) in [7, 11) is -3.60. The van der Waals surface area contributed by atoms with Gasteiger partial charge in [-0.2, -0.15) is 0 Å². The first kappa shape index (κ1) is 27.8. The molecule has 5 rings (SSSR count). The van der Waals surface area contributed by atoms with Crippen LogP contribution >= 0.6 is 22.9 Å². The van der Waals surface area contributed by atoms with Gasteiger partial charge in [-0.15, -0.1) is 11.3 Å². The maximum atomic E-state index is 13.4. The molecule has 2 aromatic rings. The number of nitrogens with one attached hydrogen (secondary N) is 1. The minimum absolute atomic E-state index is 0.143. The number of aromatic nitrogens is 1. The van der Waals surface area contributed by atoms with Gasteiger partial charge in [-0.25, -0.2) is 22.5 Å². The van der Waals surface area contributed by atoms with E-state index in [1.54, 1.807) is 19.2 Å². The van der Waals surface area contributed by atoms with Crippen molar-refractivity contribution in [3.8, 4) is 0 Å². The van der Waals surface area contributed by atoms with Crippen LogP contribution < -0.4 is 5.32 Å². The molecule has 0 radical (unpaired) electrons. The van der Waals surface area contributed by atoms with Crippen LogP contribution in [-0.2, 0) is 24.3 Å². The summed E-state index contributed by atoms with van der Waals surface area (Å²) in [6.07, 6.45) is 2.91. The van der Waals surface area contributed by atoms with E-state index in [2.05, 4.69) is 10.3 Å². The molecule has 0 bridgehead atoms. The van der Waals surface area contributed by atoms with Crippen molar-refractivity contribution in [2.24, 2.45) is 16.8 Å². The molecule has 1 atom stereocenters. The van der Waals surface area contributed by atoms with E-state index in [9.17, 15) is 18.0 Å².